The van der Waals surface area contributed by atoms with Crippen molar-refractivity contribution in [2.24, 2.45) is 0 Å². The van der Waals surface area contributed by atoms with Gasteiger partial charge in [0.1, 0.15) is 0 Å². The van der Waals surface area contributed by atoms with Crippen molar-refractivity contribution in [1.29, 1.82) is 0 Å². The van der Waals surface area contributed by atoms with Gasteiger partial charge in [-0.05, 0) is 90.8 Å². The van der Waals surface area contributed by atoms with Crippen LogP contribution in [0.4, 0.5) is 0 Å². The molecule has 0 aliphatic carbocycles. The van der Waals surface area contributed by atoms with Gasteiger partial charge in [-0.25, -0.2) is 19.2 Å². The summed E-state index contributed by atoms with van der Waals surface area (Å²) >= 11 is 0. The van der Waals surface area contributed by atoms with Crippen LogP contribution in [-0.2, 0) is 54.3 Å². The Balaban J connectivity index is 0.000000197. The van der Waals surface area contributed by atoms with Gasteiger partial charge in [0.25, 0.3) is 0 Å². The Bertz CT molecular complexity index is 2180. The number of rotatable bonds is 9. The minimum absolute atomic E-state index is 0. The first-order valence-corrected chi connectivity index (χ1v) is 17.9. The van der Waals surface area contributed by atoms with Crippen molar-refractivity contribution >= 4 is 23.9 Å². The average molecular weight is 902 g/mol. The first-order valence-electron chi connectivity index (χ1n) is 17.9. The first kappa shape index (κ1) is 46.0. The van der Waals surface area contributed by atoms with Crippen LogP contribution in [-0.4, -0.2) is 102 Å². The fourth-order valence-corrected chi connectivity index (χ4v) is 5.40. The molecule has 1 saturated heterocycles. The molecule has 7 heterocycles. The van der Waals surface area contributed by atoms with Crippen LogP contribution in [0.2, 0.25) is 0 Å². The van der Waals surface area contributed by atoms with Gasteiger partial charge in [-0.15, -0.1) is 0 Å². The molecule has 7 rings (SSSR count). The van der Waals surface area contributed by atoms with E-state index in [1.807, 2.05) is 36.7 Å². The van der Waals surface area contributed by atoms with Gasteiger partial charge in [-0.1, -0.05) is 0 Å². The molecule has 0 N–H and O–H groups in total. The van der Waals surface area contributed by atoms with E-state index in [9.17, 15) is 19.2 Å². The van der Waals surface area contributed by atoms with Gasteiger partial charge in [0, 0.05) is 63.1 Å². The molecule has 0 spiro atoms. The third-order valence-electron chi connectivity index (χ3n) is 8.34. The van der Waals surface area contributed by atoms with Crippen molar-refractivity contribution in [2.45, 2.75) is 19.6 Å². The third kappa shape index (κ3) is 12.9. The predicted octanol–water partition coefficient (Wildman–Crippen LogP) is 5.80. The number of hydrogen-bond acceptors (Lipinski definition) is 16. The molecule has 16 nitrogen and oxygen atoms in total. The maximum atomic E-state index is 11.5. The number of aromatic nitrogens is 6. The molecule has 1 aliphatic heterocycles. The largest absolute Gasteiger partial charge is 0.465 e. The summed E-state index contributed by atoms with van der Waals surface area (Å²) in [6, 6.07) is 20.4. The molecule has 0 saturated carbocycles. The van der Waals surface area contributed by atoms with Gasteiger partial charge in [-0.3, -0.25) is 29.9 Å². The average Bonchev–Trinajstić information content (AvgIpc) is 3.81. The molecule has 0 bridgehead atoms. The zero-order valence-electron chi connectivity index (χ0n) is 33.2. The summed E-state index contributed by atoms with van der Waals surface area (Å²) in [4.78, 5) is 71.2. The molecular formula is C43H40N6O10Ru. The van der Waals surface area contributed by atoms with E-state index in [1.165, 1.54) is 58.8 Å². The zero-order valence-corrected chi connectivity index (χ0v) is 34.9. The Hall–Kier alpha value is -6.68. The van der Waals surface area contributed by atoms with Crippen molar-refractivity contribution < 1.29 is 67.1 Å². The van der Waals surface area contributed by atoms with Crippen molar-refractivity contribution in [1.82, 2.24) is 29.9 Å². The maximum Gasteiger partial charge on any atom is 0.337 e. The van der Waals surface area contributed by atoms with Crippen molar-refractivity contribution in [2.75, 3.05) is 41.7 Å². The molecule has 0 amide bonds. The molecule has 0 unspecified atom stereocenters. The fraction of sp³-hybridized carbons (Fsp3) is 0.209. The summed E-state index contributed by atoms with van der Waals surface area (Å²) in [6.07, 6.45) is 10.2. The zero-order chi connectivity index (χ0) is 42.1. The first-order chi connectivity index (χ1) is 28.6. The number of methoxy groups -OCH3 is 4. The van der Waals surface area contributed by atoms with Crippen LogP contribution >= 0.6 is 0 Å². The minimum atomic E-state index is -0.460. The number of carbonyl (C=O) groups excluding carboxylic acids is 4. The van der Waals surface area contributed by atoms with Gasteiger partial charge in [-0.2, -0.15) is 0 Å². The Kier molecular flexibility index (Phi) is 17.7. The summed E-state index contributed by atoms with van der Waals surface area (Å²) in [5.74, 6) is -1.84. The second-order valence-corrected chi connectivity index (χ2v) is 12.3. The van der Waals surface area contributed by atoms with E-state index in [-0.39, 0.29) is 25.8 Å². The number of aryl methyl sites for hydroxylation is 1. The molecule has 0 radical (unpaired) electrons. The monoisotopic (exact) mass is 902 g/mol. The smallest absolute Gasteiger partial charge is 0.337 e. The SMILES string of the molecule is COC(=O)c1ccnc(-c2cc(C(=O)OC)ccn2)c1.COC(=O)c1ccnc(-c2cc(C(=O)OC)ccn2)c1.Cc1ccnc(-c2cc(CC3OCCO3)ccn2)c1.[Ru]. The van der Waals surface area contributed by atoms with E-state index < -0.39 is 23.9 Å². The standard InChI is InChI=1S/C15H16N2O2.2C14H12N2O4.Ru/c1-11-2-4-16-13(8-11)14-9-12(3-5-17-14)10-15-18-6-7-19-15;2*1-19-13(17)9-3-5-15-11(7-9)12-8-10(4-6-16-12)14(18)20-2;/h2-5,8-9,15H,6-7,10H2,1H3;2*3-8H,1-2H3;. The molecule has 6 aromatic heterocycles. The Morgan fingerprint density at radius 2 is 0.783 bits per heavy atom. The molecule has 17 heteroatoms. The molecular weight excluding hydrogens is 862 g/mol. The molecule has 60 heavy (non-hydrogen) atoms. The fourth-order valence-electron chi connectivity index (χ4n) is 5.40. The Labute approximate surface area is 358 Å². The molecule has 0 atom stereocenters. The van der Waals surface area contributed by atoms with E-state index in [0.29, 0.717) is 58.2 Å². The van der Waals surface area contributed by atoms with Crippen LogP contribution in [0, 0.1) is 6.92 Å². The molecule has 0 aromatic carbocycles. The second kappa shape index (κ2) is 23.1. The maximum absolute atomic E-state index is 11.5. The van der Waals surface area contributed by atoms with E-state index in [0.717, 1.165) is 23.4 Å². The van der Waals surface area contributed by atoms with Crippen LogP contribution < -0.4 is 0 Å². The summed E-state index contributed by atoms with van der Waals surface area (Å²) < 4.78 is 29.5. The molecule has 310 valence electrons. The van der Waals surface area contributed by atoms with Crippen LogP contribution in [0.3, 0.4) is 0 Å². The molecule has 1 fully saturated rings. The number of pyridine rings is 6. The van der Waals surface area contributed by atoms with Crippen LogP contribution in [0.25, 0.3) is 34.2 Å². The topological polar surface area (TPSA) is 201 Å². The van der Waals surface area contributed by atoms with Gasteiger partial charge in [0.2, 0.25) is 0 Å². The quantitative estimate of drug-likeness (QED) is 0.0957. The van der Waals surface area contributed by atoms with Crippen LogP contribution in [0.1, 0.15) is 52.6 Å². The third-order valence-corrected chi connectivity index (χ3v) is 8.34. The normalized spacial score (nSPS) is 11.6. The van der Waals surface area contributed by atoms with Gasteiger partial charge < -0.3 is 28.4 Å². The number of esters is 4. The van der Waals surface area contributed by atoms with E-state index >= 15 is 0 Å². The van der Waals surface area contributed by atoms with Crippen molar-refractivity contribution in [3.63, 3.8) is 0 Å². The predicted molar refractivity (Wildman–Crippen MR) is 212 cm³/mol. The van der Waals surface area contributed by atoms with E-state index in [1.54, 1.807) is 48.5 Å². The van der Waals surface area contributed by atoms with Crippen LogP contribution in [0.5, 0.6) is 0 Å². The number of hydrogen-bond donors (Lipinski definition) is 0. The van der Waals surface area contributed by atoms with Gasteiger partial charge >= 0.3 is 23.9 Å². The summed E-state index contributed by atoms with van der Waals surface area (Å²) in [6.45, 7) is 3.42. The van der Waals surface area contributed by atoms with Crippen LogP contribution in [0.15, 0.2) is 110 Å². The molecule has 6 aromatic rings. The van der Waals surface area contributed by atoms with Gasteiger partial charge in [0.05, 0.1) is 98.1 Å². The Morgan fingerprint density at radius 1 is 0.483 bits per heavy atom. The Morgan fingerprint density at radius 3 is 1.12 bits per heavy atom. The summed E-state index contributed by atoms with van der Waals surface area (Å²) in [7, 11) is 5.22. The van der Waals surface area contributed by atoms with E-state index in [4.69, 9.17) is 9.47 Å². The van der Waals surface area contributed by atoms with E-state index in [2.05, 4.69) is 55.8 Å². The minimum Gasteiger partial charge on any atom is -0.465 e. The second-order valence-electron chi connectivity index (χ2n) is 12.3. The number of ether oxygens (including phenoxy) is 6. The van der Waals surface area contributed by atoms with Gasteiger partial charge in [0.15, 0.2) is 6.29 Å². The van der Waals surface area contributed by atoms with Crippen molar-refractivity contribution in [3.8, 4) is 34.2 Å². The summed E-state index contributed by atoms with van der Waals surface area (Å²) in [5.41, 5.74) is 7.46. The molecule has 1 aliphatic rings. The summed E-state index contributed by atoms with van der Waals surface area (Å²) in [5, 5.41) is 0. The number of nitrogens with zero attached hydrogens (tertiary/aromatic N) is 6. The van der Waals surface area contributed by atoms with Crippen molar-refractivity contribution in [3.05, 3.63) is 143 Å². The number of carbonyl (C=O) groups is 4.